The van der Waals surface area contributed by atoms with E-state index < -0.39 is 0 Å². The molecule has 0 amide bonds. The van der Waals surface area contributed by atoms with Gasteiger partial charge >= 0.3 is 11.9 Å². The second-order valence-corrected chi connectivity index (χ2v) is 5.12. The maximum absolute atomic E-state index is 11.6. The van der Waals surface area contributed by atoms with Crippen LogP contribution in [0.25, 0.3) is 0 Å². The Hall–Kier alpha value is -0.900. The predicted molar refractivity (Wildman–Crippen MR) is 47.6 cm³/mol. The number of ether oxygens (including phenoxy) is 2. The van der Waals surface area contributed by atoms with Crippen LogP contribution in [0.4, 0.5) is 0 Å². The molecular weight excluding hydrogens is 196 g/mol. The molecule has 0 unspecified atom stereocenters. The van der Waals surface area contributed by atoms with Crippen LogP contribution in [0.1, 0.15) is 19.3 Å². The number of rotatable bonds is 0. The van der Waals surface area contributed by atoms with Crippen molar-refractivity contribution in [2.45, 2.75) is 31.5 Å². The number of fused-ring (bicyclic) bond motifs is 2. The summed E-state index contributed by atoms with van der Waals surface area (Å²) in [6.45, 7) is 0. The van der Waals surface area contributed by atoms with E-state index in [-0.39, 0.29) is 47.8 Å². The molecular formula is C11H12O4. The molecule has 0 N–H and O–H groups in total. The number of hydrogen-bond acceptors (Lipinski definition) is 4. The van der Waals surface area contributed by atoms with Crippen LogP contribution in [-0.2, 0) is 19.1 Å². The van der Waals surface area contributed by atoms with Gasteiger partial charge in [0.2, 0.25) is 0 Å². The highest BCUT2D eigenvalue weighted by Gasteiger charge is 2.68. The Labute approximate surface area is 86.9 Å². The van der Waals surface area contributed by atoms with Crippen molar-refractivity contribution in [1.82, 2.24) is 0 Å². The molecule has 0 aromatic heterocycles. The molecule has 0 aromatic rings. The molecule has 2 aliphatic heterocycles. The molecule has 6 atom stereocenters. The summed E-state index contributed by atoms with van der Waals surface area (Å²) in [6, 6.07) is 0. The molecule has 2 saturated heterocycles. The van der Waals surface area contributed by atoms with Gasteiger partial charge in [0.25, 0.3) is 0 Å². The molecule has 5 rings (SSSR count). The highest BCUT2D eigenvalue weighted by atomic mass is 16.6. The fraction of sp³-hybridized carbons (Fsp3) is 0.818. The summed E-state index contributed by atoms with van der Waals surface area (Å²) in [5.41, 5.74) is 0. The van der Waals surface area contributed by atoms with Crippen molar-refractivity contribution in [1.29, 1.82) is 0 Å². The average Bonchev–Trinajstić information content (AvgIpc) is 2.96. The van der Waals surface area contributed by atoms with E-state index in [1.54, 1.807) is 0 Å². The lowest BCUT2D eigenvalue weighted by molar-refractivity contribution is -0.154. The number of epoxide rings is 1. The Balaban J connectivity index is 1.83. The van der Waals surface area contributed by atoms with Gasteiger partial charge < -0.3 is 9.47 Å². The van der Waals surface area contributed by atoms with Crippen molar-refractivity contribution in [3.8, 4) is 0 Å². The first-order valence-corrected chi connectivity index (χ1v) is 5.68. The summed E-state index contributed by atoms with van der Waals surface area (Å²) < 4.78 is 10.4. The first-order valence-electron chi connectivity index (χ1n) is 5.68. The zero-order chi connectivity index (χ0) is 10.2. The number of hydrogen-bond donors (Lipinski definition) is 0. The normalized spacial score (nSPS) is 55.7. The van der Waals surface area contributed by atoms with E-state index in [9.17, 15) is 9.59 Å². The van der Waals surface area contributed by atoms with Crippen molar-refractivity contribution in [3.63, 3.8) is 0 Å². The van der Waals surface area contributed by atoms with Gasteiger partial charge in [-0.25, -0.2) is 0 Å². The van der Waals surface area contributed by atoms with Gasteiger partial charge in [-0.3, -0.25) is 9.59 Å². The number of cyclic esters (lactones) is 2. The topological polar surface area (TPSA) is 55.9 Å². The number of esters is 2. The van der Waals surface area contributed by atoms with Gasteiger partial charge in [-0.2, -0.15) is 0 Å². The quantitative estimate of drug-likeness (QED) is 0.330. The monoisotopic (exact) mass is 208 g/mol. The fourth-order valence-electron chi connectivity index (χ4n) is 3.92. The van der Waals surface area contributed by atoms with Gasteiger partial charge in [0.1, 0.15) is 0 Å². The first-order chi connectivity index (χ1) is 7.27. The van der Waals surface area contributed by atoms with E-state index in [1.807, 2.05) is 0 Å². The lowest BCUT2D eigenvalue weighted by atomic mass is 9.69. The third-order valence-electron chi connectivity index (χ3n) is 4.54. The third kappa shape index (κ3) is 0.869. The van der Waals surface area contributed by atoms with Crippen LogP contribution in [0, 0.1) is 23.7 Å². The Kier molecular flexibility index (Phi) is 1.34. The maximum Gasteiger partial charge on any atom is 0.317 e. The zero-order valence-corrected chi connectivity index (χ0v) is 8.22. The molecule has 5 aliphatic rings. The Morgan fingerprint density at radius 2 is 1.47 bits per heavy atom. The summed E-state index contributed by atoms with van der Waals surface area (Å²) in [6.07, 6.45) is 3.65. The van der Waals surface area contributed by atoms with Crippen LogP contribution < -0.4 is 0 Å². The molecule has 5 fully saturated rings. The Morgan fingerprint density at radius 3 is 2.00 bits per heavy atom. The summed E-state index contributed by atoms with van der Waals surface area (Å²) >= 11 is 0. The van der Waals surface area contributed by atoms with E-state index in [0.29, 0.717) is 0 Å². The van der Waals surface area contributed by atoms with Crippen LogP contribution in [0.15, 0.2) is 0 Å². The smallest absolute Gasteiger partial charge is 0.317 e. The van der Waals surface area contributed by atoms with Gasteiger partial charge in [0.05, 0.1) is 24.0 Å². The SMILES string of the molecule is O=C1OC(=O)[C@@H]2[C@H]3CCC[C@@H]([C@@H]4O[C@@H]34)[C@@H]12. The highest BCUT2D eigenvalue weighted by Crippen LogP contribution is 2.58. The van der Waals surface area contributed by atoms with Crippen molar-refractivity contribution >= 4 is 11.9 Å². The van der Waals surface area contributed by atoms with Crippen LogP contribution in [0.2, 0.25) is 0 Å². The summed E-state index contributed by atoms with van der Waals surface area (Å²) in [5, 5.41) is 0. The Morgan fingerprint density at radius 1 is 0.933 bits per heavy atom. The fourth-order valence-corrected chi connectivity index (χ4v) is 3.92. The number of carbonyl (C=O) groups is 2. The predicted octanol–water partition coefficient (Wildman–Crippen LogP) is 0.499. The standard InChI is InChI=1S/C11H12O4/c12-10-6-4-2-1-3-5(9-8(4)14-9)7(6)11(13)15-10/h4-9H,1-3H2/t4-,5-,6-,7-,8+,9+/m1/s1. The summed E-state index contributed by atoms with van der Waals surface area (Å²) in [4.78, 5) is 23.3. The van der Waals surface area contributed by atoms with Crippen LogP contribution in [0.5, 0.6) is 0 Å². The van der Waals surface area contributed by atoms with Crippen molar-refractivity contribution in [2.75, 3.05) is 0 Å². The minimum Gasteiger partial charge on any atom is -0.393 e. The van der Waals surface area contributed by atoms with E-state index in [2.05, 4.69) is 0 Å². The van der Waals surface area contributed by atoms with Crippen molar-refractivity contribution in [3.05, 3.63) is 0 Å². The lowest BCUT2D eigenvalue weighted by Crippen LogP contribution is -2.39. The molecule has 15 heavy (non-hydrogen) atoms. The summed E-state index contributed by atoms with van der Waals surface area (Å²) in [5.74, 6) is -0.468. The van der Waals surface area contributed by atoms with Gasteiger partial charge in [-0.1, -0.05) is 6.42 Å². The van der Waals surface area contributed by atoms with Crippen LogP contribution >= 0.6 is 0 Å². The molecule has 0 radical (unpaired) electrons. The van der Waals surface area contributed by atoms with E-state index >= 15 is 0 Å². The summed E-state index contributed by atoms with van der Waals surface area (Å²) in [7, 11) is 0. The molecule has 2 bridgehead atoms. The minimum atomic E-state index is -0.296. The van der Waals surface area contributed by atoms with Gasteiger partial charge in [0, 0.05) is 11.8 Å². The molecule has 3 aliphatic carbocycles. The maximum atomic E-state index is 11.6. The zero-order valence-electron chi connectivity index (χ0n) is 8.22. The minimum absolute atomic E-state index is 0.186. The molecule has 2 heterocycles. The largest absolute Gasteiger partial charge is 0.393 e. The second kappa shape index (κ2) is 2.43. The van der Waals surface area contributed by atoms with Crippen LogP contribution in [-0.4, -0.2) is 24.1 Å². The van der Waals surface area contributed by atoms with Crippen LogP contribution in [0.3, 0.4) is 0 Å². The molecule has 80 valence electrons. The molecule has 4 nitrogen and oxygen atoms in total. The van der Waals surface area contributed by atoms with E-state index in [1.165, 1.54) is 0 Å². The lowest BCUT2D eigenvalue weighted by Gasteiger charge is -2.27. The molecule has 0 aromatic carbocycles. The molecule has 4 heteroatoms. The van der Waals surface area contributed by atoms with Gasteiger partial charge in [-0.15, -0.1) is 0 Å². The molecule has 3 saturated carbocycles. The molecule has 0 spiro atoms. The average molecular weight is 208 g/mol. The van der Waals surface area contributed by atoms with Crippen molar-refractivity contribution < 1.29 is 19.1 Å². The van der Waals surface area contributed by atoms with Gasteiger partial charge in [0.15, 0.2) is 0 Å². The van der Waals surface area contributed by atoms with Gasteiger partial charge in [-0.05, 0) is 12.8 Å². The number of carbonyl (C=O) groups excluding carboxylic acids is 2. The van der Waals surface area contributed by atoms with E-state index in [0.717, 1.165) is 19.3 Å². The van der Waals surface area contributed by atoms with Crippen molar-refractivity contribution in [2.24, 2.45) is 23.7 Å². The Bertz CT molecular complexity index is 332. The third-order valence-corrected chi connectivity index (χ3v) is 4.54. The first kappa shape index (κ1) is 8.28. The highest BCUT2D eigenvalue weighted by molar-refractivity contribution is 5.97. The van der Waals surface area contributed by atoms with E-state index in [4.69, 9.17) is 9.47 Å². The second-order valence-electron chi connectivity index (χ2n) is 5.12.